The molecule has 0 aliphatic rings. The SMILES string of the molecule is C=CCOC(C)(O)COc1cccc(CCCCCCCCCC)c1. The lowest BCUT2D eigenvalue weighted by molar-refractivity contribution is -0.199. The fourth-order valence-electron chi connectivity index (χ4n) is 2.75. The van der Waals surface area contributed by atoms with Crippen LogP contribution in [0.15, 0.2) is 36.9 Å². The zero-order valence-corrected chi connectivity index (χ0v) is 16.1. The molecular weight excluding hydrogens is 312 g/mol. The number of aryl methyl sites for hydroxylation is 1. The number of hydrogen-bond acceptors (Lipinski definition) is 3. The first-order chi connectivity index (χ1) is 12.1. The molecule has 3 heteroatoms. The Hall–Kier alpha value is -1.32. The van der Waals surface area contributed by atoms with Gasteiger partial charge < -0.3 is 14.6 Å². The van der Waals surface area contributed by atoms with Crippen molar-refractivity contribution in [1.82, 2.24) is 0 Å². The Labute approximate surface area is 154 Å². The summed E-state index contributed by atoms with van der Waals surface area (Å²) in [5, 5.41) is 10.1. The predicted molar refractivity (Wildman–Crippen MR) is 105 cm³/mol. The minimum absolute atomic E-state index is 0.0993. The van der Waals surface area contributed by atoms with Crippen molar-refractivity contribution in [2.75, 3.05) is 13.2 Å². The summed E-state index contributed by atoms with van der Waals surface area (Å²) in [5.41, 5.74) is 1.29. The van der Waals surface area contributed by atoms with Gasteiger partial charge in [-0.2, -0.15) is 0 Å². The zero-order chi connectivity index (χ0) is 18.4. The second-order valence-electron chi connectivity index (χ2n) is 6.94. The average molecular weight is 349 g/mol. The third-order valence-corrected chi connectivity index (χ3v) is 4.24. The molecule has 0 aliphatic carbocycles. The maximum atomic E-state index is 10.1. The molecule has 0 amide bonds. The van der Waals surface area contributed by atoms with E-state index < -0.39 is 5.79 Å². The fraction of sp³-hybridized carbons (Fsp3) is 0.636. The summed E-state index contributed by atoms with van der Waals surface area (Å²) in [4.78, 5) is 0. The van der Waals surface area contributed by atoms with E-state index in [1.807, 2.05) is 12.1 Å². The Morgan fingerprint density at radius 2 is 1.76 bits per heavy atom. The van der Waals surface area contributed by atoms with E-state index in [1.54, 1.807) is 13.0 Å². The molecule has 0 aliphatic heterocycles. The summed E-state index contributed by atoms with van der Waals surface area (Å²) in [7, 11) is 0. The molecule has 0 spiro atoms. The van der Waals surface area contributed by atoms with Gasteiger partial charge in [-0.25, -0.2) is 0 Å². The molecule has 1 N–H and O–H groups in total. The van der Waals surface area contributed by atoms with Gasteiger partial charge in [0, 0.05) is 0 Å². The third-order valence-electron chi connectivity index (χ3n) is 4.24. The molecule has 0 fully saturated rings. The monoisotopic (exact) mass is 348 g/mol. The third kappa shape index (κ3) is 11.0. The molecule has 1 rings (SSSR count). The van der Waals surface area contributed by atoms with Crippen molar-refractivity contribution in [3.8, 4) is 5.75 Å². The summed E-state index contributed by atoms with van der Waals surface area (Å²) in [6.07, 6.45) is 13.4. The van der Waals surface area contributed by atoms with Crippen molar-refractivity contribution in [2.24, 2.45) is 0 Å². The van der Waals surface area contributed by atoms with Gasteiger partial charge in [0.25, 0.3) is 0 Å². The molecule has 0 radical (unpaired) electrons. The number of hydrogen-bond donors (Lipinski definition) is 1. The Kier molecular flexibility index (Phi) is 11.3. The van der Waals surface area contributed by atoms with E-state index in [4.69, 9.17) is 9.47 Å². The maximum Gasteiger partial charge on any atom is 0.197 e. The molecular formula is C22H36O3. The highest BCUT2D eigenvalue weighted by atomic mass is 16.6. The van der Waals surface area contributed by atoms with E-state index in [0.717, 1.165) is 12.2 Å². The first-order valence-electron chi connectivity index (χ1n) is 9.76. The topological polar surface area (TPSA) is 38.7 Å². The van der Waals surface area contributed by atoms with Crippen LogP contribution in [0.2, 0.25) is 0 Å². The lowest BCUT2D eigenvalue weighted by Gasteiger charge is -2.23. The van der Waals surface area contributed by atoms with Crippen LogP contribution in [0.4, 0.5) is 0 Å². The Morgan fingerprint density at radius 3 is 2.44 bits per heavy atom. The van der Waals surface area contributed by atoms with E-state index in [9.17, 15) is 5.11 Å². The van der Waals surface area contributed by atoms with Gasteiger partial charge >= 0.3 is 0 Å². The summed E-state index contributed by atoms with van der Waals surface area (Å²) in [6.45, 7) is 7.83. The van der Waals surface area contributed by atoms with Crippen LogP contribution in [-0.2, 0) is 11.2 Å². The second kappa shape index (κ2) is 13.0. The van der Waals surface area contributed by atoms with Crippen LogP contribution >= 0.6 is 0 Å². The number of unbranched alkanes of at least 4 members (excludes halogenated alkanes) is 7. The standard InChI is InChI=1S/C22H36O3/c1-4-6-7-8-9-10-11-12-14-20-15-13-16-21(18-20)24-19-22(3,23)25-17-5-2/h5,13,15-16,18,23H,2,4,6-12,14,17,19H2,1,3H3. The molecule has 142 valence electrons. The zero-order valence-electron chi connectivity index (χ0n) is 16.1. The molecule has 1 aromatic carbocycles. The van der Waals surface area contributed by atoms with Gasteiger partial charge in [0.2, 0.25) is 0 Å². The highest BCUT2D eigenvalue weighted by molar-refractivity contribution is 5.28. The Balaban J connectivity index is 2.24. The van der Waals surface area contributed by atoms with Gasteiger partial charge in [0.1, 0.15) is 12.4 Å². The lowest BCUT2D eigenvalue weighted by Crippen LogP contribution is -2.35. The van der Waals surface area contributed by atoms with Crippen molar-refractivity contribution in [3.63, 3.8) is 0 Å². The Bertz CT molecular complexity index is 468. The highest BCUT2D eigenvalue weighted by Gasteiger charge is 2.21. The van der Waals surface area contributed by atoms with Crippen LogP contribution in [0.3, 0.4) is 0 Å². The van der Waals surface area contributed by atoms with Crippen molar-refractivity contribution in [1.29, 1.82) is 0 Å². The minimum Gasteiger partial charge on any atom is -0.488 e. The molecule has 0 aromatic heterocycles. The normalized spacial score (nSPS) is 13.4. The van der Waals surface area contributed by atoms with Gasteiger partial charge in [0.15, 0.2) is 5.79 Å². The second-order valence-corrected chi connectivity index (χ2v) is 6.94. The van der Waals surface area contributed by atoms with E-state index >= 15 is 0 Å². The predicted octanol–water partition coefficient (Wildman–Crippen LogP) is 5.66. The van der Waals surface area contributed by atoms with Crippen molar-refractivity contribution in [2.45, 2.75) is 77.4 Å². The quantitative estimate of drug-likeness (QED) is 0.252. The van der Waals surface area contributed by atoms with Gasteiger partial charge in [0.05, 0.1) is 6.61 Å². The fourth-order valence-corrected chi connectivity index (χ4v) is 2.75. The van der Waals surface area contributed by atoms with Crippen molar-refractivity contribution in [3.05, 3.63) is 42.5 Å². The summed E-state index contributed by atoms with van der Waals surface area (Å²) < 4.78 is 11.0. The maximum absolute atomic E-state index is 10.1. The first kappa shape index (κ1) is 21.7. The van der Waals surface area contributed by atoms with E-state index in [0.29, 0.717) is 6.61 Å². The highest BCUT2D eigenvalue weighted by Crippen LogP contribution is 2.18. The minimum atomic E-state index is -1.30. The number of benzene rings is 1. The summed E-state index contributed by atoms with van der Waals surface area (Å²) >= 11 is 0. The van der Waals surface area contributed by atoms with Crippen LogP contribution in [0.1, 0.15) is 70.8 Å². The van der Waals surface area contributed by atoms with Crippen molar-refractivity contribution < 1.29 is 14.6 Å². The van der Waals surface area contributed by atoms with Gasteiger partial charge in [-0.1, -0.05) is 70.1 Å². The van der Waals surface area contributed by atoms with E-state index in [-0.39, 0.29) is 6.61 Å². The van der Waals surface area contributed by atoms with Crippen LogP contribution in [0.5, 0.6) is 5.75 Å². The number of ether oxygens (including phenoxy) is 2. The number of aliphatic hydroxyl groups is 1. The van der Waals surface area contributed by atoms with Gasteiger partial charge in [-0.3, -0.25) is 0 Å². The molecule has 3 nitrogen and oxygen atoms in total. The van der Waals surface area contributed by atoms with Crippen LogP contribution < -0.4 is 4.74 Å². The molecule has 25 heavy (non-hydrogen) atoms. The largest absolute Gasteiger partial charge is 0.488 e. The molecule has 1 atom stereocenters. The van der Waals surface area contributed by atoms with Gasteiger partial charge in [-0.05, 0) is 37.5 Å². The molecule has 0 bridgehead atoms. The van der Waals surface area contributed by atoms with E-state index in [1.165, 1.54) is 56.9 Å². The van der Waals surface area contributed by atoms with Crippen LogP contribution in [-0.4, -0.2) is 24.1 Å². The lowest BCUT2D eigenvalue weighted by atomic mass is 10.0. The van der Waals surface area contributed by atoms with E-state index in [2.05, 4.69) is 25.6 Å². The average Bonchev–Trinajstić information content (AvgIpc) is 2.61. The molecule has 0 saturated heterocycles. The van der Waals surface area contributed by atoms with Crippen LogP contribution in [0.25, 0.3) is 0 Å². The number of rotatable bonds is 15. The Morgan fingerprint density at radius 1 is 1.08 bits per heavy atom. The summed E-state index contributed by atoms with van der Waals surface area (Å²) in [6, 6.07) is 8.13. The molecule has 1 aromatic rings. The molecule has 0 saturated carbocycles. The van der Waals surface area contributed by atoms with Gasteiger partial charge in [-0.15, -0.1) is 6.58 Å². The van der Waals surface area contributed by atoms with Crippen molar-refractivity contribution >= 4 is 0 Å². The summed E-state index contributed by atoms with van der Waals surface area (Å²) in [5.74, 6) is -0.526. The molecule has 1 unspecified atom stereocenters. The van der Waals surface area contributed by atoms with Crippen LogP contribution in [0, 0.1) is 0 Å². The first-order valence-corrected chi connectivity index (χ1v) is 9.76. The molecule has 0 heterocycles. The smallest absolute Gasteiger partial charge is 0.197 e.